The van der Waals surface area contributed by atoms with Crippen LogP contribution in [0.1, 0.15) is 30.1 Å². The summed E-state index contributed by atoms with van der Waals surface area (Å²) in [6, 6.07) is 9.18. The van der Waals surface area contributed by atoms with Crippen molar-refractivity contribution >= 4 is 0 Å². The summed E-state index contributed by atoms with van der Waals surface area (Å²) < 4.78 is 21.9. The molecular formula is C18H20O5. The van der Waals surface area contributed by atoms with Crippen molar-refractivity contribution in [2.24, 2.45) is 0 Å². The molecule has 2 aromatic rings. The molecule has 0 amide bonds. The number of phenolic OH excluding ortho intramolecular Hbond substituents is 1. The molecule has 23 heavy (non-hydrogen) atoms. The van der Waals surface area contributed by atoms with Crippen molar-refractivity contribution in [3.63, 3.8) is 0 Å². The molecule has 0 aromatic heterocycles. The van der Waals surface area contributed by atoms with Gasteiger partial charge < -0.3 is 24.1 Å². The summed E-state index contributed by atoms with van der Waals surface area (Å²) >= 11 is 0. The molecule has 1 N–H and O–H groups in total. The lowest BCUT2D eigenvalue weighted by Crippen LogP contribution is -2.07. The molecule has 0 saturated heterocycles. The van der Waals surface area contributed by atoms with Crippen molar-refractivity contribution in [1.82, 2.24) is 0 Å². The van der Waals surface area contributed by atoms with Gasteiger partial charge >= 0.3 is 0 Å². The number of fused-ring (bicyclic) bond motifs is 1. The SMILES string of the molecule is COc1cc2c(cc1O)[C@H](C)[C@H](c1ccc(OC)c(OC)c1)O2. The summed E-state index contributed by atoms with van der Waals surface area (Å²) in [5.41, 5.74) is 1.95. The van der Waals surface area contributed by atoms with Gasteiger partial charge in [-0.2, -0.15) is 0 Å². The average molecular weight is 316 g/mol. The van der Waals surface area contributed by atoms with E-state index in [4.69, 9.17) is 18.9 Å². The molecule has 3 rings (SSSR count). The van der Waals surface area contributed by atoms with E-state index < -0.39 is 0 Å². The van der Waals surface area contributed by atoms with Crippen LogP contribution in [0.2, 0.25) is 0 Å². The smallest absolute Gasteiger partial charge is 0.164 e. The number of methoxy groups -OCH3 is 3. The lowest BCUT2D eigenvalue weighted by atomic mass is 9.92. The third kappa shape index (κ3) is 2.52. The number of benzene rings is 2. The van der Waals surface area contributed by atoms with Crippen LogP contribution in [0.15, 0.2) is 30.3 Å². The Morgan fingerprint density at radius 3 is 2.26 bits per heavy atom. The Bertz CT molecular complexity index is 726. The predicted molar refractivity (Wildman–Crippen MR) is 86.0 cm³/mol. The van der Waals surface area contributed by atoms with E-state index in [-0.39, 0.29) is 17.8 Å². The van der Waals surface area contributed by atoms with Gasteiger partial charge in [0.1, 0.15) is 11.9 Å². The third-order valence-corrected chi connectivity index (χ3v) is 4.25. The molecule has 0 spiro atoms. The van der Waals surface area contributed by atoms with Crippen molar-refractivity contribution in [3.8, 4) is 28.7 Å². The van der Waals surface area contributed by atoms with Crippen molar-refractivity contribution in [2.45, 2.75) is 18.9 Å². The summed E-state index contributed by atoms with van der Waals surface area (Å²) in [6.07, 6.45) is -0.156. The standard InChI is InChI=1S/C18H20O5/c1-10-12-8-13(19)16(21-3)9-15(12)23-18(10)11-5-6-14(20-2)17(7-11)22-4/h5-10,18-19H,1-4H3/t10-,18+/m0/s1. The molecule has 2 atom stereocenters. The first-order valence-electron chi connectivity index (χ1n) is 7.38. The first-order chi connectivity index (χ1) is 11.1. The van der Waals surface area contributed by atoms with E-state index in [9.17, 15) is 5.11 Å². The molecular weight excluding hydrogens is 296 g/mol. The van der Waals surface area contributed by atoms with Crippen LogP contribution in [0.5, 0.6) is 28.7 Å². The molecule has 0 saturated carbocycles. The predicted octanol–water partition coefficient (Wildman–Crippen LogP) is 3.66. The maximum atomic E-state index is 9.98. The molecule has 1 aliphatic heterocycles. The molecule has 0 bridgehead atoms. The van der Waals surface area contributed by atoms with Gasteiger partial charge in [-0.1, -0.05) is 13.0 Å². The zero-order chi connectivity index (χ0) is 16.6. The fourth-order valence-electron chi connectivity index (χ4n) is 2.98. The number of ether oxygens (including phenoxy) is 4. The van der Waals surface area contributed by atoms with E-state index >= 15 is 0 Å². The maximum absolute atomic E-state index is 9.98. The molecule has 2 aromatic carbocycles. The Hall–Kier alpha value is -2.56. The minimum atomic E-state index is -0.156. The van der Waals surface area contributed by atoms with Crippen molar-refractivity contribution in [2.75, 3.05) is 21.3 Å². The molecule has 5 heteroatoms. The van der Waals surface area contributed by atoms with Gasteiger partial charge in [-0.25, -0.2) is 0 Å². The minimum Gasteiger partial charge on any atom is -0.504 e. The van der Waals surface area contributed by atoms with Gasteiger partial charge in [0.2, 0.25) is 0 Å². The lowest BCUT2D eigenvalue weighted by molar-refractivity contribution is 0.214. The first-order valence-corrected chi connectivity index (χ1v) is 7.38. The number of phenols is 1. The van der Waals surface area contributed by atoms with Crippen molar-refractivity contribution in [1.29, 1.82) is 0 Å². The Morgan fingerprint density at radius 1 is 0.913 bits per heavy atom. The summed E-state index contributed by atoms with van der Waals surface area (Å²) in [5.74, 6) is 2.70. The van der Waals surface area contributed by atoms with E-state index in [0.29, 0.717) is 17.2 Å². The minimum absolute atomic E-state index is 0.0971. The second-order valence-corrected chi connectivity index (χ2v) is 5.50. The van der Waals surface area contributed by atoms with Crippen molar-refractivity contribution < 1.29 is 24.1 Å². The number of hydrogen-bond donors (Lipinski definition) is 1. The Morgan fingerprint density at radius 2 is 1.61 bits per heavy atom. The molecule has 1 aliphatic rings. The van der Waals surface area contributed by atoms with Gasteiger partial charge in [-0.3, -0.25) is 0 Å². The highest BCUT2D eigenvalue weighted by Gasteiger charge is 2.34. The van der Waals surface area contributed by atoms with Crippen LogP contribution >= 0.6 is 0 Å². The maximum Gasteiger partial charge on any atom is 0.164 e. The van der Waals surface area contributed by atoms with E-state index in [1.54, 1.807) is 26.4 Å². The Kier molecular flexibility index (Phi) is 3.94. The van der Waals surface area contributed by atoms with Gasteiger partial charge in [0, 0.05) is 17.5 Å². The molecule has 1 heterocycles. The fourth-order valence-corrected chi connectivity index (χ4v) is 2.98. The van der Waals surface area contributed by atoms with E-state index in [1.807, 2.05) is 18.2 Å². The van der Waals surface area contributed by atoms with Crippen LogP contribution in [0.25, 0.3) is 0 Å². The lowest BCUT2D eigenvalue weighted by Gasteiger charge is -2.17. The van der Waals surface area contributed by atoms with Gasteiger partial charge in [0.05, 0.1) is 21.3 Å². The summed E-state index contributed by atoms with van der Waals surface area (Å²) in [7, 11) is 4.74. The normalized spacial score (nSPS) is 19.0. The summed E-state index contributed by atoms with van der Waals surface area (Å²) in [4.78, 5) is 0. The summed E-state index contributed by atoms with van der Waals surface area (Å²) in [6.45, 7) is 2.07. The van der Waals surface area contributed by atoms with E-state index in [1.165, 1.54) is 7.11 Å². The Balaban J connectivity index is 1.97. The largest absolute Gasteiger partial charge is 0.504 e. The van der Waals surface area contributed by atoms with E-state index in [0.717, 1.165) is 16.9 Å². The first kappa shape index (κ1) is 15.3. The molecule has 5 nitrogen and oxygen atoms in total. The number of rotatable bonds is 4. The summed E-state index contributed by atoms with van der Waals surface area (Å²) in [5, 5.41) is 9.98. The highest BCUT2D eigenvalue weighted by molar-refractivity contribution is 5.54. The Labute approximate surface area is 135 Å². The molecule has 0 aliphatic carbocycles. The van der Waals surface area contributed by atoms with E-state index in [2.05, 4.69) is 6.92 Å². The molecule has 0 fully saturated rings. The van der Waals surface area contributed by atoms with Crippen LogP contribution in [0.4, 0.5) is 0 Å². The van der Waals surface area contributed by atoms with Crippen molar-refractivity contribution in [3.05, 3.63) is 41.5 Å². The third-order valence-electron chi connectivity index (χ3n) is 4.25. The second-order valence-electron chi connectivity index (χ2n) is 5.50. The van der Waals surface area contributed by atoms with Gasteiger partial charge in [-0.05, 0) is 23.8 Å². The monoisotopic (exact) mass is 316 g/mol. The van der Waals surface area contributed by atoms with Crippen LogP contribution in [-0.4, -0.2) is 26.4 Å². The molecule has 0 unspecified atom stereocenters. The average Bonchev–Trinajstić information content (AvgIpc) is 2.89. The number of aromatic hydroxyl groups is 1. The van der Waals surface area contributed by atoms with Crippen LogP contribution in [0.3, 0.4) is 0 Å². The fraction of sp³-hybridized carbons (Fsp3) is 0.333. The molecule has 0 radical (unpaired) electrons. The zero-order valence-corrected chi connectivity index (χ0v) is 13.6. The van der Waals surface area contributed by atoms with Crippen LogP contribution in [-0.2, 0) is 0 Å². The molecule has 122 valence electrons. The quantitative estimate of drug-likeness (QED) is 0.933. The van der Waals surface area contributed by atoms with Crippen LogP contribution < -0.4 is 18.9 Å². The highest BCUT2D eigenvalue weighted by Crippen LogP contribution is 2.50. The number of hydrogen-bond acceptors (Lipinski definition) is 5. The highest BCUT2D eigenvalue weighted by atomic mass is 16.5. The topological polar surface area (TPSA) is 57.2 Å². The van der Waals surface area contributed by atoms with Gasteiger partial charge in [-0.15, -0.1) is 0 Å². The zero-order valence-electron chi connectivity index (χ0n) is 13.6. The van der Waals surface area contributed by atoms with Gasteiger partial charge in [0.25, 0.3) is 0 Å². The van der Waals surface area contributed by atoms with Gasteiger partial charge in [0.15, 0.2) is 23.0 Å². The second kappa shape index (κ2) is 5.91. The van der Waals surface area contributed by atoms with Crippen LogP contribution in [0, 0.1) is 0 Å².